The van der Waals surface area contributed by atoms with Crippen molar-refractivity contribution in [3.05, 3.63) is 58.8 Å². The molecular formula is C16H13NO4. The van der Waals surface area contributed by atoms with Crippen molar-refractivity contribution >= 4 is 17.2 Å². The molecule has 5 heteroatoms. The lowest BCUT2D eigenvalue weighted by Gasteiger charge is -2.04. The van der Waals surface area contributed by atoms with Gasteiger partial charge in [0.15, 0.2) is 0 Å². The predicted octanol–water partition coefficient (Wildman–Crippen LogP) is 2.53. The summed E-state index contributed by atoms with van der Waals surface area (Å²) in [6, 6.07) is 11.7. The third kappa shape index (κ3) is 2.03. The van der Waals surface area contributed by atoms with Crippen LogP contribution in [0, 0.1) is 5.21 Å². The minimum Gasteiger partial charge on any atom is -0.618 e. The van der Waals surface area contributed by atoms with E-state index in [0.717, 1.165) is 0 Å². The first kappa shape index (κ1) is 13.2. The van der Waals surface area contributed by atoms with Gasteiger partial charge in [-0.2, -0.15) is 4.74 Å². The van der Waals surface area contributed by atoms with Gasteiger partial charge >= 0.3 is 0 Å². The molecule has 0 aliphatic carbocycles. The fraction of sp³-hybridized carbons (Fsp3) is 0.125. The minimum absolute atomic E-state index is 0.0946. The zero-order chi connectivity index (χ0) is 15.0. The monoisotopic (exact) mass is 283 g/mol. The Morgan fingerprint density at radius 1 is 1.00 bits per heavy atom. The number of fused-ring (bicyclic) bond motifs is 1. The molecule has 0 unspecified atom stereocenters. The van der Waals surface area contributed by atoms with Crippen LogP contribution in [0.1, 0.15) is 15.9 Å². The van der Waals surface area contributed by atoms with Crippen LogP contribution in [0.4, 0.5) is 5.69 Å². The smallest absolute Gasteiger partial charge is 0.273 e. The molecule has 21 heavy (non-hydrogen) atoms. The Balaban J connectivity index is 2.15. The summed E-state index contributed by atoms with van der Waals surface area (Å²) in [5.41, 5.74) is 1.31. The zero-order valence-corrected chi connectivity index (χ0v) is 11.6. The first-order valence-electron chi connectivity index (χ1n) is 6.37. The van der Waals surface area contributed by atoms with Crippen LogP contribution in [0.5, 0.6) is 11.5 Å². The van der Waals surface area contributed by atoms with Crippen molar-refractivity contribution in [2.24, 2.45) is 0 Å². The number of hydrogen-bond acceptors (Lipinski definition) is 4. The van der Waals surface area contributed by atoms with Gasteiger partial charge in [0, 0.05) is 0 Å². The fourth-order valence-corrected chi connectivity index (χ4v) is 2.36. The molecule has 1 heterocycles. The summed E-state index contributed by atoms with van der Waals surface area (Å²) in [6.07, 6.45) is 0. The maximum Gasteiger partial charge on any atom is 0.273 e. The highest BCUT2D eigenvalue weighted by Gasteiger charge is 2.37. The van der Waals surface area contributed by atoms with Gasteiger partial charge in [-0.05, 0) is 30.3 Å². The molecule has 0 aromatic heterocycles. The van der Waals surface area contributed by atoms with Gasteiger partial charge in [0.05, 0.1) is 25.8 Å². The Morgan fingerprint density at radius 2 is 1.71 bits per heavy atom. The van der Waals surface area contributed by atoms with Crippen LogP contribution in [-0.4, -0.2) is 30.5 Å². The van der Waals surface area contributed by atoms with Crippen molar-refractivity contribution in [1.29, 1.82) is 0 Å². The maximum absolute atomic E-state index is 12.4. The van der Waals surface area contributed by atoms with Crippen molar-refractivity contribution in [3.8, 4) is 11.5 Å². The van der Waals surface area contributed by atoms with E-state index in [1.54, 1.807) is 42.5 Å². The highest BCUT2D eigenvalue weighted by Crippen LogP contribution is 2.32. The maximum atomic E-state index is 12.4. The van der Waals surface area contributed by atoms with Crippen LogP contribution in [0.3, 0.4) is 0 Å². The van der Waals surface area contributed by atoms with Crippen molar-refractivity contribution in [3.63, 3.8) is 0 Å². The molecule has 1 aliphatic rings. The van der Waals surface area contributed by atoms with Crippen LogP contribution < -0.4 is 9.47 Å². The molecule has 0 spiro atoms. The zero-order valence-electron chi connectivity index (χ0n) is 11.6. The average molecular weight is 283 g/mol. The largest absolute Gasteiger partial charge is 0.618 e. The Labute approximate surface area is 121 Å². The van der Waals surface area contributed by atoms with Gasteiger partial charge in [-0.3, -0.25) is 4.79 Å². The molecule has 0 bridgehead atoms. The van der Waals surface area contributed by atoms with E-state index in [9.17, 15) is 10.0 Å². The van der Waals surface area contributed by atoms with Crippen LogP contribution >= 0.6 is 0 Å². The van der Waals surface area contributed by atoms with Gasteiger partial charge < -0.3 is 14.7 Å². The first-order valence-corrected chi connectivity index (χ1v) is 6.37. The van der Waals surface area contributed by atoms with E-state index in [2.05, 4.69) is 0 Å². The highest BCUT2D eigenvalue weighted by molar-refractivity contribution is 6.52. The van der Waals surface area contributed by atoms with Crippen LogP contribution in [0.15, 0.2) is 42.5 Å². The van der Waals surface area contributed by atoms with E-state index < -0.39 is 0 Å². The van der Waals surface area contributed by atoms with Gasteiger partial charge in [0.25, 0.3) is 11.5 Å². The van der Waals surface area contributed by atoms with E-state index in [1.165, 1.54) is 14.2 Å². The summed E-state index contributed by atoms with van der Waals surface area (Å²) >= 11 is 0. The Morgan fingerprint density at radius 3 is 2.43 bits per heavy atom. The number of carbonyl (C=O) groups is 1. The second-order valence-electron chi connectivity index (χ2n) is 4.59. The molecule has 0 atom stereocenters. The number of Topliss-reactive ketones (excluding diaryl/α,β-unsaturated/α-hetero) is 1. The molecule has 2 aromatic rings. The lowest BCUT2D eigenvalue weighted by Crippen LogP contribution is -2.16. The molecule has 0 fully saturated rings. The summed E-state index contributed by atoms with van der Waals surface area (Å²) in [7, 11) is 3.05. The number of rotatable bonds is 3. The molecule has 0 radical (unpaired) electrons. The Kier molecular flexibility index (Phi) is 3.10. The predicted molar refractivity (Wildman–Crippen MR) is 77.7 cm³/mol. The Bertz CT molecular complexity index is 765. The number of ketones is 1. The fourth-order valence-electron chi connectivity index (χ4n) is 2.36. The van der Waals surface area contributed by atoms with Crippen molar-refractivity contribution in [1.82, 2.24) is 0 Å². The molecule has 0 saturated carbocycles. The summed E-state index contributed by atoms with van der Waals surface area (Å²) in [5, 5.41) is 12.4. The first-order chi connectivity index (χ1) is 10.2. The average Bonchev–Trinajstić information content (AvgIpc) is 2.78. The number of nitrogens with zero attached hydrogens (tertiary/aromatic N) is 1. The van der Waals surface area contributed by atoms with E-state index in [1.807, 2.05) is 0 Å². The van der Waals surface area contributed by atoms with Crippen molar-refractivity contribution in [2.75, 3.05) is 14.2 Å². The molecule has 0 N–H and O–H groups in total. The number of ether oxygens (including phenoxy) is 2. The third-order valence-electron chi connectivity index (χ3n) is 3.43. The van der Waals surface area contributed by atoms with Crippen LogP contribution in [0.2, 0.25) is 0 Å². The van der Waals surface area contributed by atoms with Crippen molar-refractivity contribution in [2.45, 2.75) is 0 Å². The summed E-state index contributed by atoms with van der Waals surface area (Å²) in [5.74, 6) is 0.833. The summed E-state index contributed by atoms with van der Waals surface area (Å²) in [4.78, 5) is 12.4. The topological polar surface area (TPSA) is 61.6 Å². The van der Waals surface area contributed by atoms with E-state index in [0.29, 0.717) is 33.1 Å². The van der Waals surface area contributed by atoms with Gasteiger partial charge in [-0.25, -0.2) is 0 Å². The van der Waals surface area contributed by atoms with Gasteiger partial charge in [0.2, 0.25) is 5.69 Å². The second-order valence-corrected chi connectivity index (χ2v) is 4.59. The molecule has 2 aromatic carbocycles. The lowest BCUT2D eigenvalue weighted by molar-refractivity contribution is -0.355. The number of methoxy groups -OCH3 is 2. The van der Waals surface area contributed by atoms with E-state index in [4.69, 9.17) is 9.47 Å². The standard InChI is InChI=1S/C16H13NO4/c1-20-11-5-3-4-10(8-11)15-16(18)13-7-6-12(21-2)9-14(13)17(15)19/h3-9H,1-2H3. The quantitative estimate of drug-likeness (QED) is 0.641. The Hall–Kier alpha value is -2.82. The van der Waals surface area contributed by atoms with Gasteiger partial charge in [-0.15, -0.1) is 0 Å². The lowest BCUT2D eigenvalue weighted by atomic mass is 10.0. The minimum atomic E-state index is -0.295. The molecule has 106 valence electrons. The number of benzene rings is 2. The SMILES string of the molecule is COc1cccc(C2=[N+]([O-])c3cc(OC)ccc3C2=O)c1. The second kappa shape index (κ2) is 4.94. The molecular weight excluding hydrogens is 270 g/mol. The number of hydrogen-bond donors (Lipinski definition) is 0. The van der Waals surface area contributed by atoms with E-state index >= 15 is 0 Å². The highest BCUT2D eigenvalue weighted by atomic mass is 16.5. The van der Waals surface area contributed by atoms with Crippen LogP contribution in [0.25, 0.3) is 0 Å². The van der Waals surface area contributed by atoms with Gasteiger partial charge in [0.1, 0.15) is 17.1 Å². The van der Waals surface area contributed by atoms with Crippen molar-refractivity contribution < 1.29 is 19.0 Å². The van der Waals surface area contributed by atoms with Gasteiger partial charge in [-0.1, -0.05) is 6.07 Å². The van der Waals surface area contributed by atoms with Crippen LogP contribution in [-0.2, 0) is 0 Å². The normalized spacial score (nSPS) is 13.3. The molecule has 5 nitrogen and oxygen atoms in total. The number of carbonyl (C=O) groups excluding carboxylic acids is 1. The molecule has 1 aliphatic heterocycles. The summed E-state index contributed by atoms with van der Waals surface area (Å²) < 4.78 is 10.9. The molecule has 0 saturated heterocycles. The summed E-state index contributed by atoms with van der Waals surface area (Å²) in [6.45, 7) is 0. The molecule has 0 amide bonds. The third-order valence-corrected chi connectivity index (χ3v) is 3.43. The van der Waals surface area contributed by atoms with E-state index in [-0.39, 0.29) is 11.5 Å². The molecule has 3 rings (SSSR count).